The Morgan fingerprint density at radius 2 is 2.11 bits per heavy atom. The summed E-state index contributed by atoms with van der Waals surface area (Å²) in [5.74, 6) is -1.27. The molecule has 0 bridgehead atoms. The second-order valence-corrected chi connectivity index (χ2v) is 6.68. The molecule has 1 fully saturated rings. The van der Waals surface area contributed by atoms with Crippen molar-refractivity contribution in [3.63, 3.8) is 0 Å². The lowest BCUT2D eigenvalue weighted by atomic mass is 9.90. The van der Waals surface area contributed by atoms with E-state index < -0.39 is 11.7 Å². The van der Waals surface area contributed by atoms with Crippen molar-refractivity contribution >= 4 is 22.7 Å². The summed E-state index contributed by atoms with van der Waals surface area (Å²) < 4.78 is 13.5. The van der Waals surface area contributed by atoms with E-state index in [-0.39, 0.29) is 17.4 Å². The summed E-state index contributed by atoms with van der Waals surface area (Å²) in [5.41, 5.74) is 7.40. The van der Waals surface area contributed by atoms with E-state index in [1.54, 1.807) is 23.1 Å². The average Bonchev–Trinajstić information content (AvgIpc) is 3.21. The molecule has 7 nitrogen and oxygen atoms in total. The van der Waals surface area contributed by atoms with Crippen molar-refractivity contribution < 1.29 is 14.0 Å². The van der Waals surface area contributed by atoms with Gasteiger partial charge in [-0.15, -0.1) is 0 Å². The lowest BCUT2D eigenvalue weighted by Crippen LogP contribution is -2.40. The number of fused-ring (bicyclic) bond motifs is 1. The molecule has 0 radical (unpaired) electrons. The molecule has 27 heavy (non-hydrogen) atoms. The van der Waals surface area contributed by atoms with Crippen molar-refractivity contribution in [3.05, 3.63) is 59.3 Å². The Bertz CT molecular complexity index is 1020. The third-order valence-electron chi connectivity index (χ3n) is 4.90. The Kier molecular flexibility index (Phi) is 4.31. The smallest absolute Gasteiger partial charge is 0.271 e. The van der Waals surface area contributed by atoms with E-state index >= 15 is 0 Å². The topological polar surface area (TPSA) is 105 Å². The molecule has 8 heteroatoms. The molecule has 1 aliphatic heterocycles. The standard InChI is InChI=1S/C19H18FN5O2/c20-13-3-4-15-12(8-13)9-14(18(21)26)17(23-15)11-2-1-7-25(10-11)19(27)16-5-6-22-24-16/h3-6,8-9,11H,1-2,7,10H2,(H2,21,26)(H,22,24). The summed E-state index contributed by atoms with van der Waals surface area (Å²) in [6, 6.07) is 7.45. The zero-order valence-corrected chi connectivity index (χ0v) is 14.5. The number of H-pyrrole nitrogens is 1. The summed E-state index contributed by atoms with van der Waals surface area (Å²) in [6.45, 7) is 1.05. The van der Waals surface area contributed by atoms with Gasteiger partial charge in [0.25, 0.3) is 11.8 Å². The van der Waals surface area contributed by atoms with E-state index in [9.17, 15) is 14.0 Å². The highest BCUT2D eigenvalue weighted by atomic mass is 19.1. The van der Waals surface area contributed by atoms with Gasteiger partial charge in [-0.2, -0.15) is 5.10 Å². The normalized spacial score (nSPS) is 17.2. The zero-order valence-electron chi connectivity index (χ0n) is 14.5. The van der Waals surface area contributed by atoms with Crippen LogP contribution in [0.25, 0.3) is 10.9 Å². The fourth-order valence-electron chi connectivity index (χ4n) is 3.60. The number of carbonyl (C=O) groups is 2. The Hall–Kier alpha value is -3.29. The van der Waals surface area contributed by atoms with E-state index in [1.807, 2.05) is 0 Å². The van der Waals surface area contributed by atoms with Gasteiger partial charge >= 0.3 is 0 Å². The lowest BCUT2D eigenvalue weighted by Gasteiger charge is -2.32. The van der Waals surface area contributed by atoms with Gasteiger partial charge in [0, 0.05) is 30.6 Å². The van der Waals surface area contributed by atoms with Crippen molar-refractivity contribution in [2.24, 2.45) is 5.73 Å². The lowest BCUT2D eigenvalue weighted by molar-refractivity contribution is 0.0700. The van der Waals surface area contributed by atoms with Gasteiger partial charge in [0.15, 0.2) is 0 Å². The highest BCUT2D eigenvalue weighted by Gasteiger charge is 2.29. The van der Waals surface area contributed by atoms with Crippen LogP contribution in [0, 0.1) is 5.82 Å². The van der Waals surface area contributed by atoms with E-state index in [1.165, 1.54) is 18.3 Å². The molecule has 2 aromatic heterocycles. The highest BCUT2D eigenvalue weighted by molar-refractivity contribution is 5.98. The first-order valence-corrected chi connectivity index (χ1v) is 8.71. The van der Waals surface area contributed by atoms with Crippen LogP contribution in [-0.4, -0.2) is 45.0 Å². The van der Waals surface area contributed by atoms with Crippen LogP contribution in [0.5, 0.6) is 0 Å². The summed E-state index contributed by atoms with van der Waals surface area (Å²) in [5, 5.41) is 7.02. The summed E-state index contributed by atoms with van der Waals surface area (Å²) in [6.07, 6.45) is 3.10. The van der Waals surface area contributed by atoms with Crippen LogP contribution in [0.15, 0.2) is 36.5 Å². The second-order valence-electron chi connectivity index (χ2n) is 6.68. The fourth-order valence-corrected chi connectivity index (χ4v) is 3.60. The molecule has 1 saturated heterocycles. The first-order chi connectivity index (χ1) is 13.0. The molecule has 0 aliphatic carbocycles. The van der Waals surface area contributed by atoms with Crippen LogP contribution in [-0.2, 0) is 0 Å². The van der Waals surface area contributed by atoms with E-state index in [0.717, 1.165) is 12.8 Å². The number of aromatic nitrogens is 3. The third-order valence-corrected chi connectivity index (χ3v) is 4.90. The van der Waals surface area contributed by atoms with E-state index in [2.05, 4.69) is 15.2 Å². The number of benzene rings is 1. The SMILES string of the molecule is NC(=O)c1cc2cc(F)ccc2nc1C1CCCN(C(=O)c2ccn[nH]2)C1. The number of carbonyl (C=O) groups excluding carboxylic acids is 2. The Morgan fingerprint density at radius 3 is 2.85 bits per heavy atom. The zero-order chi connectivity index (χ0) is 19.0. The van der Waals surface area contributed by atoms with E-state index in [4.69, 9.17) is 5.73 Å². The number of nitrogens with one attached hydrogen (secondary N) is 1. The van der Waals surface area contributed by atoms with Crippen LogP contribution >= 0.6 is 0 Å². The number of nitrogens with two attached hydrogens (primary N) is 1. The van der Waals surface area contributed by atoms with Crippen LogP contribution < -0.4 is 5.73 Å². The molecule has 1 aliphatic rings. The number of piperidine rings is 1. The predicted molar refractivity (Wildman–Crippen MR) is 96.7 cm³/mol. The van der Waals surface area contributed by atoms with Crippen LogP contribution in [0.4, 0.5) is 4.39 Å². The van der Waals surface area contributed by atoms with Gasteiger partial charge in [-0.3, -0.25) is 19.7 Å². The first-order valence-electron chi connectivity index (χ1n) is 8.71. The monoisotopic (exact) mass is 367 g/mol. The minimum Gasteiger partial charge on any atom is -0.366 e. The number of amides is 2. The fraction of sp³-hybridized carbons (Fsp3) is 0.263. The molecule has 2 amide bonds. The van der Waals surface area contributed by atoms with Crippen molar-refractivity contribution in [3.8, 4) is 0 Å². The van der Waals surface area contributed by atoms with Gasteiger partial charge in [-0.05, 0) is 43.2 Å². The maximum atomic E-state index is 13.5. The molecular formula is C19H18FN5O2. The minimum absolute atomic E-state index is 0.123. The molecule has 3 heterocycles. The number of nitrogens with zero attached hydrogens (tertiary/aromatic N) is 3. The quantitative estimate of drug-likeness (QED) is 0.740. The number of rotatable bonds is 3. The van der Waals surface area contributed by atoms with Crippen LogP contribution in [0.2, 0.25) is 0 Å². The Labute approximate surface area is 154 Å². The van der Waals surface area contributed by atoms with Crippen LogP contribution in [0.3, 0.4) is 0 Å². The Balaban J connectivity index is 1.70. The largest absolute Gasteiger partial charge is 0.366 e. The number of aromatic amines is 1. The molecule has 4 rings (SSSR count). The number of primary amides is 1. The second kappa shape index (κ2) is 6.79. The van der Waals surface area contributed by atoms with Crippen molar-refractivity contribution in [1.82, 2.24) is 20.1 Å². The van der Waals surface area contributed by atoms with E-state index in [0.29, 0.717) is 35.4 Å². The minimum atomic E-state index is -0.610. The first kappa shape index (κ1) is 17.1. The van der Waals surface area contributed by atoms with Crippen LogP contribution in [0.1, 0.15) is 45.3 Å². The number of hydrogen-bond donors (Lipinski definition) is 2. The highest BCUT2D eigenvalue weighted by Crippen LogP contribution is 2.30. The van der Waals surface area contributed by atoms with Gasteiger partial charge < -0.3 is 10.6 Å². The van der Waals surface area contributed by atoms with Crippen molar-refractivity contribution in [2.45, 2.75) is 18.8 Å². The molecule has 0 spiro atoms. The van der Waals surface area contributed by atoms with Gasteiger partial charge in [-0.25, -0.2) is 4.39 Å². The number of pyridine rings is 1. The summed E-state index contributed by atoms with van der Waals surface area (Å²) in [4.78, 5) is 30.9. The van der Waals surface area contributed by atoms with Gasteiger partial charge in [0.2, 0.25) is 0 Å². The van der Waals surface area contributed by atoms with Crippen molar-refractivity contribution in [1.29, 1.82) is 0 Å². The Morgan fingerprint density at radius 1 is 1.26 bits per heavy atom. The maximum absolute atomic E-state index is 13.5. The van der Waals surface area contributed by atoms with Gasteiger partial charge in [-0.1, -0.05) is 0 Å². The molecule has 1 aromatic carbocycles. The number of halogens is 1. The predicted octanol–water partition coefficient (Wildman–Crippen LogP) is 2.22. The molecule has 3 N–H and O–H groups in total. The molecular weight excluding hydrogens is 349 g/mol. The molecule has 1 unspecified atom stereocenters. The summed E-state index contributed by atoms with van der Waals surface area (Å²) >= 11 is 0. The molecule has 3 aromatic rings. The molecule has 0 saturated carbocycles. The van der Waals surface area contributed by atoms with Crippen molar-refractivity contribution in [2.75, 3.05) is 13.1 Å². The third kappa shape index (κ3) is 3.25. The maximum Gasteiger partial charge on any atom is 0.271 e. The average molecular weight is 367 g/mol. The van der Waals surface area contributed by atoms with Gasteiger partial charge in [0.05, 0.1) is 16.8 Å². The van der Waals surface area contributed by atoms with Gasteiger partial charge in [0.1, 0.15) is 11.5 Å². The molecule has 138 valence electrons. The molecule has 1 atom stereocenters. The number of hydrogen-bond acceptors (Lipinski definition) is 4. The number of likely N-dealkylation sites (tertiary alicyclic amines) is 1. The summed E-state index contributed by atoms with van der Waals surface area (Å²) in [7, 11) is 0.